The van der Waals surface area contributed by atoms with Crippen LogP contribution in [0.1, 0.15) is 23.2 Å². The van der Waals surface area contributed by atoms with Gasteiger partial charge in [0, 0.05) is 24.7 Å². The number of hydrogen-bond donors (Lipinski definition) is 2. The number of carbonyl (C=O) groups excluding carboxylic acids is 2. The highest BCUT2D eigenvalue weighted by Crippen LogP contribution is 2.24. The molecule has 0 radical (unpaired) electrons. The number of aromatic nitrogens is 1. The lowest BCUT2D eigenvalue weighted by Gasteiger charge is -2.32. The zero-order valence-corrected chi connectivity index (χ0v) is 16.3. The van der Waals surface area contributed by atoms with Crippen molar-refractivity contribution in [2.75, 3.05) is 29.4 Å². The summed E-state index contributed by atoms with van der Waals surface area (Å²) in [5, 5.41) is 5.08. The van der Waals surface area contributed by atoms with Gasteiger partial charge in [0.05, 0.1) is 23.4 Å². The second-order valence-corrected chi connectivity index (χ2v) is 8.98. The van der Waals surface area contributed by atoms with Gasteiger partial charge in [0.2, 0.25) is 15.9 Å². The van der Waals surface area contributed by atoms with Crippen molar-refractivity contribution in [1.82, 2.24) is 9.88 Å². The Balaban J connectivity index is 1.73. The fourth-order valence-corrected chi connectivity index (χ4v) is 4.11. The number of thiazole rings is 1. The number of carbonyl (C=O) groups is 2. The van der Waals surface area contributed by atoms with Gasteiger partial charge in [0.25, 0.3) is 5.91 Å². The van der Waals surface area contributed by atoms with Crippen molar-refractivity contribution >= 4 is 44.0 Å². The monoisotopic (exact) mass is 408 g/mol. The summed E-state index contributed by atoms with van der Waals surface area (Å²) < 4.78 is 25.5. The minimum absolute atomic E-state index is 0.162. The van der Waals surface area contributed by atoms with Gasteiger partial charge >= 0.3 is 0 Å². The summed E-state index contributed by atoms with van der Waals surface area (Å²) in [4.78, 5) is 31.0. The molecule has 2 N–H and O–H groups in total. The second kappa shape index (κ2) is 8.05. The van der Waals surface area contributed by atoms with Crippen molar-refractivity contribution in [2.24, 2.45) is 5.92 Å². The first-order valence-electron chi connectivity index (χ1n) is 8.40. The van der Waals surface area contributed by atoms with Gasteiger partial charge in [-0.2, -0.15) is 0 Å². The number of likely N-dealkylation sites (tertiary alicyclic amines) is 1. The lowest BCUT2D eigenvalue weighted by Crippen LogP contribution is -2.44. The fraction of sp³-hybridized carbons (Fsp3) is 0.353. The Hall–Kier alpha value is -2.46. The maximum atomic E-state index is 12.9. The number of benzene rings is 1. The summed E-state index contributed by atoms with van der Waals surface area (Å²) in [6.45, 7) is 0.802. The van der Waals surface area contributed by atoms with Crippen LogP contribution in [0.25, 0.3) is 0 Å². The zero-order valence-electron chi connectivity index (χ0n) is 14.7. The average molecular weight is 409 g/mol. The van der Waals surface area contributed by atoms with Crippen molar-refractivity contribution in [3.8, 4) is 0 Å². The Morgan fingerprint density at radius 2 is 2.07 bits per heavy atom. The molecule has 2 amide bonds. The van der Waals surface area contributed by atoms with Gasteiger partial charge in [-0.3, -0.25) is 14.3 Å². The molecule has 8 nitrogen and oxygen atoms in total. The summed E-state index contributed by atoms with van der Waals surface area (Å²) >= 11 is 1.34. The molecule has 1 aromatic heterocycles. The molecule has 2 aromatic rings. The number of rotatable bonds is 5. The highest BCUT2D eigenvalue weighted by Gasteiger charge is 2.30. The molecule has 0 spiro atoms. The van der Waals surface area contributed by atoms with E-state index in [1.54, 1.807) is 40.7 Å². The SMILES string of the molecule is CS(=O)(=O)Nc1ccccc1C(=O)N1CCCC(C(=O)Nc2nccs2)C1. The van der Waals surface area contributed by atoms with Crippen molar-refractivity contribution < 1.29 is 18.0 Å². The number of piperidine rings is 1. The van der Waals surface area contributed by atoms with Gasteiger partial charge in [-0.15, -0.1) is 11.3 Å². The smallest absolute Gasteiger partial charge is 0.256 e. The van der Waals surface area contributed by atoms with E-state index in [-0.39, 0.29) is 35.5 Å². The van der Waals surface area contributed by atoms with Crippen LogP contribution in [0.3, 0.4) is 0 Å². The van der Waals surface area contributed by atoms with Crippen LogP contribution in [-0.4, -0.2) is 49.5 Å². The van der Waals surface area contributed by atoms with Gasteiger partial charge in [-0.1, -0.05) is 12.1 Å². The van der Waals surface area contributed by atoms with Gasteiger partial charge in [0.15, 0.2) is 5.13 Å². The highest BCUT2D eigenvalue weighted by atomic mass is 32.2. The summed E-state index contributed by atoms with van der Waals surface area (Å²) in [7, 11) is -3.51. The second-order valence-electron chi connectivity index (χ2n) is 6.34. The minimum atomic E-state index is -3.51. The van der Waals surface area contributed by atoms with Crippen LogP contribution in [0.5, 0.6) is 0 Å². The van der Waals surface area contributed by atoms with Crippen LogP contribution in [0.2, 0.25) is 0 Å². The molecular weight excluding hydrogens is 388 g/mol. The molecule has 1 fully saturated rings. The van der Waals surface area contributed by atoms with Crippen LogP contribution in [0.15, 0.2) is 35.8 Å². The molecule has 1 atom stereocenters. The molecule has 0 saturated carbocycles. The van der Waals surface area contributed by atoms with Crippen molar-refractivity contribution in [3.05, 3.63) is 41.4 Å². The maximum Gasteiger partial charge on any atom is 0.256 e. The number of nitrogens with zero attached hydrogens (tertiary/aromatic N) is 2. The minimum Gasteiger partial charge on any atom is -0.338 e. The molecule has 1 aromatic carbocycles. The summed E-state index contributed by atoms with van der Waals surface area (Å²) in [6, 6.07) is 6.46. The van der Waals surface area contributed by atoms with E-state index in [9.17, 15) is 18.0 Å². The average Bonchev–Trinajstić information content (AvgIpc) is 3.13. The van der Waals surface area contributed by atoms with Crippen molar-refractivity contribution in [1.29, 1.82) is 0 Å². The predicted octanol–water partition coefficient (Wildman–Crippen LogP) is 2.01. The largest absolute Gasteiger partial charge is 0.338 e. The molecule has 0 bridgehead atoms. The highest BCUT2D eigenvalue weighted by molar-refractivity contribution is 7.92. The first kappa shape index (κ1) is 19.3. The Morgan fingerprint density at radius 1 is 1.30 bits per heavy atom. The number of amides is 2. The van der Waals surface area contributed by atoms with E-state index in [0.29, 0.717) is 24.5 Å². The number of para-hydroxylation sites is 1. The van der Waals surface area contributed by atoms with Gasteiger partial charge in [-0.05, 0) is 25.0 Å². The Kier molecular flexibility index (Phi) is 5.76. The molecule has 1 aliphatic rings. The Morgan fingerprint density at radius 3 is 2.78 bits per heavy atom. The quantitative estimate of drug-likeness (QED) is 0.787. The third-order valence-electron chi connectivity index (χ3n) is 4.19. The normalized spacial score (nSPS) is 17.4. The van der Waals surface area contributed by atoms with E-state index in [4.69, 9.17) is 0 Å². The maximum absolute atomic E-state index is 12.9. The van der Waals surface area contributed by atoms with E-state index in [1.807, 2.05) is 0 Å². The predicted molar refractivity (Wildman–Crippen MR) is 104 cm³/mol. The van der Waals surface area contributed by atoms with Gasteiger partial charge < -0.3 is 10.2 Å². The molecule has 10 heteroatoms. The van der Waals surface area contributed by atoms with E-state index in [2.05, 4.69) is 15.0 Å². The van der Waals surface area contributed by atoms with Crippen LogP contribution >= 0.6 is 11.3 Å². The molecular formula is C17H20N4O4S2. The van der Waals surface area contributed by atoms with Crippen molar-refractivity contribution in [3.63, 3.8) is 0 Å². The lowest BCUT2D eigenvalue weighted by atomic mass is 9.96. The summed E-state index contributed by atoms with van der Waals surface area (Å²) in [5.74, 6) is -0.792. The molecule has 144 valence electrons. The molecule has 1 aliphatic heterocycles. The van der Waals surface area contributed by atoms with Crippen molar-refractivity contribution in [2.45, 2.75) is 12.8 Å². The summed E-state index contributed by atoms with van der Waals surface area (Å²) in [6.07, 6.45) is 4.03. The fourth-order valence-electron chi connectivity index (χ4n) is 3.00. The number of sulfonamides is 1. The topological polar surface area (TPSA) is 108 Å². The first-order valence-corrected chi connectivity index (χ1v) is 11.2. The Bertz CT molecular complexity index is 928. The standard InChI is InChI=1S/C17H20N4O4S2/c1-27(24,25)20-14-7-3-2-6-13(14)16(23)21-9-4-5-12(11-21)15(22)19-17-18-8-10-26-17/h2-3,6-8,10,12,20H,4-5,9,11H2,1H3,(H,18,19,22). The molecule has 0 aliphatic carbocycles. The molecule has 3 rings (SSSR count). The van der Waals surface area contributed by atoms with E-state index < -0.39 is 10.0 Å². The molecule has 2 heterocycles. The van der Waals surface area contributed by atoms with E-state index in [0.717, 1.165) is 6.26 Å². The number of hydrogen-bond acceptors (Lipinski definition) is 6. The zero-order chi connectivity index (χ0) is 19.4. The van der Waals surface area contributed by atoms with Crippen LogP contribution in [0.4, 0.5) is 10.8 Å². The molecule has 27 heavy (non-hydrogen) atoms. The van der Waals surface area contributed by atoms with E-state index in [1.165, 1.54) is 11.3 Å². The van der Waals surface area contributed by atoms with Gasteiger partial charge in [0.1, 0.15) is 0 Å². The Labute approximate surface area is 161 Å². The van der Waals surface area contributed by atoms with E-state index >= 15 is 0 Å². The van der Waals surface area contributed by atoms with Crippen LogP contribution in [-0.2, 0) is 14.8 Å². The third-order valence-corrected chi connectivity index (χ3v) is 5.47. The first-order chi connectivity index (χ1) is 12.8. The molecule has 1 unspecified atom stereocenters. The lowest BCUT2D eigenvalue weighted by molar-refractivity contribution is -0.121. The summed E-state index contributed by atoms with van der Waals surface area (Å²) in [5.41, 5.74) is 0.503. The number of anilines is 2. The third kappa shape index (κ3) is 5.04. The number of nitrogens with one attached hydrogen (secondary N) is 2. The van der Waals surface area contributed by atoms with Crippen LogP contribution in [0, 0.1) is 5.92 Å². The molecule has 1 saturated heterocycles. The van der Waals surface area contributed by atoms with Crippen LogP contribution < -0.4 is 10.0 Å². The van der Waals surface area contributed by atoms with Gasteiger partial charge in [-0.25, -0.2) is 13.4 Å².